The van der Waals surface area contributed by atoms with Crippen LogP contribution in [0, 0.1) is 13.8 Å². The van der Waals surface area contributed by atoms with Gasteiger partial charge in [0.25, 0.3) is 5.91 Å². The van der Waals surface area contributed by atoms with Crippen LogP contribution in [-0.2, 0) is 14.3 Å². The first kappa shape index (κ1) is 23.3. The largest absolute Gasteiger partial charge is 0.485 e. The molecule has 0 aliphatic carbocycles. The molecule has 1 heterocycles. The Morgan fingerprint density at radius 1 is 1.12 bits per heavy atom. The molecule has 1 N–H and O–H groups in total. The van der Waals surface area contributed by atoms with E-state index in [9.17, 15) is 14.4 Å². The molecule has 0 fully saturated rings. The Bertz CT molecular complexity index is 984. The molecular formula is C24H28N2O6. The second-order valence-corrected chi connectivity index (χ2v) is 7.68. The zero-order valence-electron chi connectivity index (χ0n) is 18.6. The van der Waals surface area contributed by atoms with Gasteiger partial charge in [-0.15, -0.1) is 0 Å². The monoisotopic (exact) mass is 440 g/mol. The summed E-state index contributed by atoms with van der Waals surface area (Å²) in [6.07, 6.45) is 0.676. The van der Waals surface area contributed by atoms with Crippen molar-refractivity contribution in [2.45, 2.75) is 20.3 Å². The maximum Gasteiger partial charge on any atom is 0.265 e. The Morgan fingerprint density at radius 2 is 1.88 bits per heavy atom. The molecule has 0 saturated carbocycles. The number of hydrogen-bond donors (Lipinski definition) is 1. The Labute approximate surface area is 187 Å². The van der Waals surface area contributed by atoms with E-state index in [1.54, 1.807) is 25.3 Å². The number of carbonyl (C=O) groups excluding carboxylic acids is 3. The van der Waals surface area contributed by atoms with Crippen LogP contribution in [0.4, 0.5) is 5.69 Å². The fraction of sp³-hybridized carbons (Fsp3) is 0.375. The van der Waals surface area contributed by atoms with Gasteiger partial charge < -0.3 is 19.5 Å². The first-order valence-electron chi connectivity index (χ1n) is 10.4. The van der Waals surface area contributed by atoms with Gasteiger partial charge in [-0.3, -0.25) is 19.3 Å². The number of ether oxygens (including phenoxy) is 3. The van der Waals surface area contributed by atoms with E-state index >= 15 is 0 Å². The first-order chi connectivity index (χ1) is 15.4. The van der Waals surface area contributed by atoms with Gasteiger partial charge in [0.1, 0.15) is 18.0 Å². The molecule has 0 radical (unpaired) electrons. The van der Waals surface area contributed by atoms with Crippen LogP contribution in [-0.4, -0.2) is 57.6 Å². The number of methoxy groups -OCH3 is 1. The van der Waals surface area contributed by atoms with Crippen LogP contribution in [0.2, 0.25) is 0 Å². The Kier molecular flexibility index (Phi) is 7.83. The van der Waals surface area contributed by atoms with Crippen molar-refractivity contribution in [1.29, 1.82) is 0 Å². The number of benzene rings is 2. The summed E-state index contributed by atoms with van der Waals surface area (Å²) in [7, 11) is 1.59. The Hall–Kier alpha value is -3.39. The lowest BCUT2D eigenvalue weighted by Gasteiger charge is -2.29. The van der Waals surface area contributed by atoms with Crippen LogP contribution < -0.4 is 19.7 Å². The number of ketones is 1. The SMILES string of the molecule is COCCCNC(=O)CN1C(=O)COc2ccc(C(=O)COc3cc(C)cc(C)c3)cc21. The summed E-state index contributed by atoms with van der Waals surface area (Å²) in [5.74, 6) is 0.189. The van der Waals surface area contributed by atoms with Crippen LogP contribution in [0.5, 0.6) is 11.5 Å². The molecule has 2 aromatic rings. The zero-order chi connectivity index (χ0) is 23.1. The molecule has 2 aromatic carbocycles. The fourth-order valence-corrected chi connectivity index (χ4v) is 3.44. The van der Waals surface area contributed by atoms with Crippen LogP contribution in [0.3, 0.4) is 0 Å². The number of amides is 2. The van der Waals surface area contributed by atoms with Crippen LogP contribution in [0.15, 0.2) is 36.4 Å². The lowest BCUT2D eigenvalue weighted by Crippen LogP contribution is -2.45. The number of nitrogens with one attached hydrogen (secondary N) is 1. The van der Waals surface area contributed by atoms with E-state index in [0.29, 0.717) is 42.3 Å². The molecule has 0 spiro atoms. The fourth-order valence-electron chi connectivity index (χ4n) is 3.44. The lowest BCUT2D eigenvalue weighted by molar-refractivity contribution is -0.125. The van der Waals surface area contributed by atoms with E-state index in [2.05, 4.69) is 5.32 Å². The quantitative estimate of drug-likeness (QED) is 0.451. The van der Waals surface area contributed by atoms with Crippen molar-refractivity contribution in [3.63, 3.8) is 0 Å². The molecule has 8 heteroatoms. The molecule has 0 aromatic heterocycles. The minimum absolute atomic E-state index is 0.142. The smallest absolute Gasteiger partial charge is 0.265 e. The van der Waals surface area contributed by atoms with Gasteiger partial charge in [-0.05, 0) is 61.7 Å². The summed E-state index contributed by atoms with van der Waals surface area (Å²) in [5, 5.41) is 2.76. The molecule has 0 atom stereocenters. The molecular weight excluding hydrogens is 412 g/mol. The van der Waals surface area contributed by atoms with E-state index in [1.807, 2.05) is 32.0 Å². The minimum atomic E-state index is -0.347. The van der Waals surface area contributed by atoms with Crippen molar-refractivity contribution in [1.82, 2.24) is 5.32 Å². The Morgan fingerprint density at radius 3 is 2.59 bits per heavy atom. The van der Waals surface area contributed by atoms with E-state index in [0.717, 1.165) is 11.1 Å². The Balaban J connectivity index is 1.69. The molecule has 0 saturated heterocycles. The normalized spacial score (nSPS) is 12.7. The number of rotatable bonds is 10. The highest BCUT2D eigenvalue weighted by atomic mass is 16.5. The zero-order valence-corrected chi connectivity index (χ0v) is 18.6. The van der Waals surface area contributed by atoms with E-state index in [-0.39, 0.29) is 37.4 Å². The third-order valence-corrected chi connectivity index (χ3v) is 4.94. The molecule has 8 nitrogen and oxygen atoms in total. The summed E-state index contributed by atoms with van der Waals surface area (Å²) in [5.41, 5.74) is 2.86. The third-order valence-electron chi connectivity index (χ3n) is 4.94. The van der Waals surface area contributed by atoms with Crippen LogP contribution >= 0.6 is 0 Å². The molecule has 0 unspecified atom stereocenters. The molecule has 3 rings (SSSR count). The summed E-state index contributed by atoms with van der Waals surface area (Å²) in [4.78, 5) is 38.8. The molecule has 170 valence electrons. The molecule has 1 aliphatic rings. The molecule has 0 bridgehead atoms. The van der Waals surface area contributed by atoms with Crippen LogP contribution in [0.25, 0.3) is 0 Å². The number of Topliss-reactive ketones (excluding diaryl/α,β-unsaturated/α-hetero) is 1. The van der Waals surface area contributed by atoms with Gasteiger partial charge >= 0.3 is 0 Å². The third kappa shape index (κ3) is 6.07. The average Bonchev–Trinajstić information content (AvgIpc) is 2.76. The van der Waals surface area contributed by atoms with Crippen molar-refractivity contribution in [2.24, 2.45) is 0 Å². The average molecular weight is 440 g/mol. The van der Waals surface area contributed by atoms with Crippen molar-refractivity contribution in [3.05, 3.63) is 53.1 Å². The molecule has 1 aliphatic heterocycles. The predicted octanol–water partition coefficient (Wildman–Crippen LogP) is 2.44. The van der Waals surface area contributed by atoms with Crippen molar-refractivity contribution < 1.29 is 28.6 Å². The number of carbonyl (C=O) groups is 3. The van der Waals surface area contributed by atoms with Gasteiger partial charge in [-0.1, -0.05) is 6.07 Å². The van der Waals surface area contributed by atoms with Crippen molar-refractivity contribution >= 4 is 23.3 Å². The molecule has 32 heavy (non-hydrogen) atoms. The minimum Gasteiger partial charge on any atom is -0.485 e. The van der Waals surface area contributed by atoms with Gasteiger partial charge in [0.15, 0.2) is 19.0 Å². The topological polar surface area (TPSA) is 94.2 Å². The number of aryl methyl sites for hydroxylation is 2. The molecule has 2 amide bonds. The predicted molar refractivity (Wildman–Crippen MR) is 120 cm³/mol. The first-order valence-corrected chi connectivity index (χ1v) is 10.4. The number of hydrogen-bond acceptors (Lipinski definition) is 6. The van der Waals surface area contributed by atoms with Crippen LogP contribution in [0.1, 0.15) is 27.9 Å². The van der Waals surface area contributed by atoms with Gasteiger partial charge in [0.05, 0.1) is 5.69 Å². The van der Waals surface area contributed by atoms with Gasteiger partial charge in [-0.25, -0.2) is 0 Å². The van der Waals surface area contributed by atoms with Gasteiger partial charge in [-0.2, -0.15) is 0 Å². The second-order valence-electron chi connectivity index (χ2n) is 7.68. The number of anilines is 1. The lowest BCUT2D eigenvalue weighted by atomic mass is 10.1. The van der Waals surface area contributed by atoms with Crippen molar-refractivity contribution in [3.8, 4) is 11.5 Å². The van der Waals surface area contributed by atoms with E-state index < -0.39 is 0 Å². The standard InChI is InChI=1S/C24H28N2O6/c1-16-9-17(2)11-19(10-16)31-14-21(27)18-5-6-22-20(12-18)26(24(29)15-32-22)13-23(28)25-7-4-8-30-3/h5-6,9-12H,4,7-8,13-15H2,1-3H3,(H,25,28). The van der Waals surface area contributed by atoms with E-state index in [1.165, 1.54) is 4.90 Å². The van der Waals surface area contributed by atoms with Gasteiger partial charge in [0.2, 0.25) is 5.91 Å². The van der Waals surface area contributed by atoms with Gasteiger partial charge in [0, 0.05) is 25.8 Å². The summed E-state index contributed by atoms with van der Waals surface area (Å²) < 4.78 is 16.1. The highest BCUT2D eigenvalue weighted by Gasteiger charge is 2.28. The summed E-state index contributed by atoms with van der Waals surface area (Å²) in [6, 6.07) is 10.6. The number of fused-ring (bicyclic) bond motifs is 1. The maximum atomic E-state index is 12.7. The second kappa shape index (κ2) is 10.8. The highest BCUT2D eigenvalue weighted by molar-refractivity contribution is 6.04. The number of nitrogens with zero attached hydrogens (tertiary/aromatic N) is 1. The maximum absolute atomic E-state index is 12.7. The van der Waals surface area contributed by atoms with Crippen molar-refractivity contribution in [2.75, 3.05) is 44.9 Å². The highest BCUT2D eigenvalue weighted by Crippen LogP contribution is 2.33. The summed E-state index contributed by atoms with van der Waals surface area (Å²) >= 11 is 0. The van der Waals surface area contributed by atoms with E-state index in [4.69, 9.17) is 14.2 Å². The summed E-state index contributed by atoms with van der Waals surface area (Å²) in [6.45, 7) is 4.46.